The summed E-state index contributed by atoms with van der Waals surface area (Å²) >= 11 is 0. The first-order valence-corrected chi connectivity index (χ1v) is 5.52. The molecule has 0 saturated heterocycles. The van der Waals surface area contributed by atoms with Gasteiger partial charge in [-0.05, 0) is 36.5 Å². The van der Waals surface area contributed by atoms with Crippen molar-refractivity contribution in [2.75, 3.05) is 0 Å². The summed E-state index contributed by atoms with van der Waals surface area (Å²) in [5, 5.41) is 0. The zero-order valence-electron chi connectivity index (χ0n) is 9.51. The Labute approximate surface area is 83.4 Å². The zero-order valence-corrected chi connectivity index (χ0v) is 9.51. The molecule has 0 bridgehead atoms. The molecule has 1 aliphatic rings. The van der Waals surface area contributed by atoms with E-state index in [0.29, 0.717) is 5.41 Å². The Bertz CT molecular complexity index is 176. The van der Waals surface area contributed by atoms with E-state index < -0.39 is 0 Å². The van der Waals surface area contributed by atoms with Crippen molar-refractivity contribution in [1.82, 2.24) is 0 Å². The van der Waals surface area contributed by atoms with Crippen LogP contribution in [0, 0.1) is 23.7 Å². The van der Waals surface area contributed by atoms with Gasteiger partial charge in [0, 0.05) is 0 Å². The summed E-state index contributed by atoms with van der Waals surface area (Å²) in [4.78, 5) is 0. The van der Waals surface area contributed by atoms with E-state index in [1.54, 1.807) is 0 Å². The van der Waals surface area contributed by atoms with Gasteiger partial charge in [0.15, 0.2) is 0 Å². The summed E-state index contributed by atoms with van der Waals surface area (Å²) in [6, 6.07) is 0. The first-order valence-electron chi connectivity index (χ1n) is 5.52. The summed E-state index contributed by atoms with van der Waals surface area (Å²) in [5.74, 6) is 1.64. The first kappa shape index (κ1) is 10.8. The van der Waals surface area contributed by atoms with E-state index >= 15 is 0 Å². The SMILES string of the molecule is C[CH]CCC1C(C)C=CCC1(C)C. The lowest BCUT2D eigenvalue weighted by Crippen LogP contribution is -2.31. The smallest absolute Gasteiger partial charge is 0.0228 e. The highest BCUT2D eigenvalue weighted by atomic mass is 14.4. The molecule has 0 aliphatic heterocycles. The van der Waals surface area contributed by atoms with Gasteiger partial charge in [0.05, 0.1) is 0 Å². The number of allylic oxidation sites excluding steroid dienone is 2. The van der Waals surface area contributed by atoms with Crippen molar-refractivity contribution in [3.05, 3.63) is 18.6 Å². The van der Waals surface area contributed by atoms with Gasteiger partial charge in [0.2, 0.25) is 0 Å². The molecule has 0 aromatic carbocycles. The third kappa shape index (κ3) is 2.59. The molecule has 0 N–H and O–H groups in total. The maximum Gasteiger partial charge on any atom is -0.0228 e. The fourth-order valence-electron chi connectivity index (χ4n) is 2.58. The van der Waals surface area contributed by atoms with Crippen LogP contribution in [-0.2, 0) is 0 Å². The highest BCUT2D eigenvalue weighted by Gasteiger charge is 2.33. The van der Waals surface area contributed by atoms with Crippen molar-refractivity contribution in [3.63, 3.8) is 0 Å². The van der Waals surface area contributed by atoms with Crippen LogP contribution in [0.2, 0.25) is 0 Å². The van der Waals surface area contributed by atoms with E-state index in [1.807, 2.05) is 0 Å². The number of rotatable bonds is 3. The largest absolute Gasteiger partial charge is 0.0877 e. The lowest BCUT2D eigenvalue weighted by Gasteiger charge is -2.40. The van der Waals surface area contributed by atoms with Crippen LogP contribution in [-0.4, -0.2) is 0 Å². The first-order chi connectivity index (χ1) is 6.08. The maximum absolute atomic E-state index is 2.41. The average Bonchev–Trinajstić information content (AvgIpc) is 2.02. The molecular weight excluding hydrogens is 156 g/mol. The second-order valence-corrected chi connectivity index (χ2v) is 5.07. The molecule has 2 unspecified atom stereocenters. The molecule has 1 radical (unpaired) electrons. The molecule has 0 spiro atoms. The van der Waals surface area contributed by atoms with Crippen LogP contribution in [0.25, 0.3) is 0 Å². The second-order valence-electron chi connectivity index (χ2n) is 5.07. The number of hydrogen-bond acceptors (Lipinski definition) is 0. The van der Waals surface area contributed by atoms with E-state index in [9.17, 15) is 0 Å². The van der Waals surface area contributed by atoms with Gasteiger partial charge < -0.3 is 0 Å². The van der Waals surface area contributed by atoms with Crippen molar-refractivity contribution >= 4 is 0 Å². The molecule has 0 aromatic heterocycles. The molecule has 0 aromatic rings. The minimum absolute atomic E-state index is 0.511. The van der Waals surface area contributed by atoms with Gasteiger partial charge >= 0.3 is 0 Å². The lowest BCUT2D eigenvalue weighted by molar-refractivity contribution is 0.149. The summed E-state index contributed by atoms with van der Waals surface area (Å²) < 4.78 is 0. The summed E-state index contributed by atoms with van der Waals surface area (Å²) in [6.45, 7) is 9.34. The molecule has 13 heavy (non-hydrogen) atoms. The Morgan fingerprint density at radius 2 is 2.15 bits per heavy atom. The van der Waals surface area contributed by atoms with E-state index in [-0.39, 0.29) is 0 Å². The van der Waals surface area contributed by atoms with E-state index in [1.165, 1.54) is 19.3 Å². The van der Waals surface area contributed by atoms with Gasteiger partial charge in [-0.15, -0.1) is 0 Å². The van der Waals surface area contributed by atoms with Gasteiger partial charge in [-0.3, -0.25) is 0 Å². The van der Waals surface area contributed by atoms with Crippen LogP contribution in [0.4, 0.5) is 0 Å². The van der Waals surface area contributed by atoms with Gasteiger partial charge in [-0.25, -0.2) is 0 Å². The normalized spacial score (nSPS) is 32.0. The molecule has 0 fully saturated rings. The molecule has 1 aliphatic carbocycles. The Morgan fingerprint density at radius 1 is 1.46 bits per heavy atom. The molecule has 0 saturated carbocycles. The zero-order chi connectivity index (χ0) is 9.90. The molecule has 0 heteroatoms. The topological polar surface area (TPSA) is 0 Å². The monoisotopic (exact) mass is 179 g/mol. The Balaban J connectivity index is 2.60. The third-order valence-electron chi connectivity index (χ3n) is 3.49. The lowest BCUT2D eigenvalue weighted by atomic mass is 9.65. The Kier molecular flexibility index (Phi) is 3.58. The molecule has 0 nitrogen and oxygen atoms in total. The fraction of sp³-hybridized carbons (Fsp3) is 0.769. The van der Waals surface area contributed by atoms with E-state index in [0.717, 1.165) is 11.8 Å². The van der Waals surface area contributed by atoms with Gasteiger partial charge in [0.1, 0.15) is 0 Å². The standard InChI is InChI=1S/C13H23/c1-5-6-9-12-11(2)8-7-10-13(12,3)4/h5,7-8,11-12H,6,9-10H2,1-4H3. The van der Waals surface area contributed by atoms with Crippen LogP contribution >= 0.6 is 0 Å². The fourth-order valence-corrected chi connectivity index (χ4v) is 2.58. The van der Waals surface area contributed by atoms with Crippen LogP contribution in [0.15, 0.2) is 12.2 Å². The average molecular weight is 179 g/mol. The molecule has 0 heterocycles. The Hall–Kier alpha value is -0.260. The molecular formula is C13H23. The number of unbranched alkanes of at least 4 members (excludes halogenated alkanes) is 1. The van der Waals surface area contributed by atoms with Crippen LogP contribution in [0.1, 0.15) is 47.0 Å². The van der Waals surface area contributed by atoms with Crippen molar-refractivity contribution in [2.24, 2.45) is 17.3 Å². The minimum atomic E-state index is 0.511. The third-order valence-corrected chi connectivity index (χ3v) is 3.49. The quantitative estimate of drug-likeness (QED) is 0.569. The van der Waals surface area contributed by atoms with Gasteiger partial charge in [-0.1, -0.05) is 46.3 Å². The molecule has 1 rings (SSSR count). The van der Waals surface area contributed by atoms with Crippen molar-refractivity contribution in [1.29, 1.82) is 0 Å². The van der Waals surface area contributed by atoms with Gasteiger partial charge in [-0.2, -0.15) is 0 Å². The van der Waals surface area contributed by atoms with Crippen molar-refractivity contribution < 1.29 is 0 Å². The van der Waals surface area contributed by atoms with Crippen molar-refractivity contribution in [2.45, 2.75) is 47.0 Å². The van der Waals surface area contributed by atoms with Gasteiger partial charge in [0.25, 0.3) is 0 Å². The maximum atomic E-state index is 2.41. The molecule has 75 valence electrons. The van der Waals surface area contributed by atoms with Crippen LogP contribution < -0.4 is 0 Å². The minimum Gasteiger partial charge on any atom is -0.0877 e. The second kappa shape index (κ2) is 4.30. The highest BCUT2D eigenvalue weighted by Crippen LogP contribution is 2.42. The van der Waals surface area contributed by atoms with E-state index in [4.69, 9.17) is 0 Å². The Morgan fingerprint density at radius 3 is 2.69 bits per heavy atom. The van der Waals surface area contributed by atoms with Crippen LogP contribution in [0.5, 0.6) is 0 Å². The summed E-state index contributed by atoms with van der Waals surface area (Å²) in [6.07, 6.45) is 10.9. The number of hydrogen-bond donors (Lipinski definition) is 0. The highest BCUT2D eigenvalue weighted by molar-refractivity contribution is 5.02. The predicted molar refractivity (Wildman–Crippen MR) is 59.4 cm³/mol. The predicted octanol–water partition coefficient (Wildman–Crippen LogP) is 4.23. The molecule has 0 amide bonds. The summed E-state index contributed by atoms with van der Waals surface area (Å²) in [5.41, 5.74) is 0.511. The molecule has 2 atom stereocenters. The van der Waals surface area contributed by atoms with Crippen molar-refractivity contribution in [3.8, 4) is 0 Å². The summed E-state index contributed by atoms with van der Waals surface area (Å²) in [7, 11) is 0. The van der Waals surface area contributed by atoms with Crippen LogP contribution in [0.3, 0.4) is 0 Å². The van der Waals surface area contributed by atoms with E-state index in [2.05, 4.69) is 46.3 Å².